The van der Waals surface area contributed by atoms with E-state index in [9.17, 15) is 38.4 Å². The van der Waals surface area contributed by atoms with Crippen molar-refractivity contribution < 1.29 is 38.4 Å². The molecule has 2 aromatic heterocycles. The molecule has 6 amide bonds. The molecule has 0 aliphatic heterocycles. The van der Waals surface area contributed by atoms with E-state index in [1.165, 1.54) is 33.3 Å². The molecule has 0 saturated heterocycles. The first kappa shape index (κ1) is 53.2. The average molecular weight is 939 g/mol. The van der Waals surface area contributed by atoms with Crippen molar-refractivity contribution in [2.24, 2.45) is 34.0 Å². The molecule has 13 N–H and O–H groups in total. The number of nitrogens with two attached hydrogens (primary N) is 3. The third-order valence-electron chi connectivity index (χ3n) is 11.5. The summed E-state index contributed by atoms with van der Waals surface area (Å²) in [6.07, 6.45) is 6.38. The van der Waals surface area contributed by atoms with Crippen LogP contribution in [0.2, 0.25) is 0 Å². The van der Waals surface area contributed by atoms with Crippen molar-refractivity contribution in [1.29, 1.82) is 0 Å². The Balaban J connectivity index is 1.53. The van der Waals surface area contributed by atoms with Crippen LogP contribution in [0.1, 0.15) is 89.5 Å². The fraction of sp³-hybridized carbons (Fsp3) is 0.458. The molecule has 0 aliphatic carbocycles. The zero-order valence-corrected chi connectivity index (χ0v) is 39.1. The lowest BCUT2D eigenvalue weighted by atomic mass is 9.89. The monoisotopic (exact) mass is 939 g/mol. The molecular formula is C48H66N12O8. The van der Waals surface area contributed by atoms with Gasteiger partial charge in [-0.3, -0.25) is 43.3 Å². The SMILES string of the molecule is CCCC[C@H](NC(C)=O)C(=O)N[C@@H](C)C(=O)N[C@@H](Cc1cnc[nH]1)C(=O)N[C@@H](Cc1ccccc1)C(=O)C[C@@H](CCCN=C(N)N)C(=O)N[C@@H](C)C(=O)C[C@@H](Cc1c[nH]c2ccccc12)C(N)=O. The number of unbranched alkanes of at least 4 members (excludes halogenated alkanes) is 1. The number of carbonyl (C=O) groups excluding carboxylic acids is 8. The third kappa shape index (κ3) is 17.1. The average Bonchev–Trinajstić information content (AvgIpc) is 3.98. The van der Waals surface area contributed by atoms with Gasteiger partial charge in [0.15, 0.2) is 17.5 Å². The number of aromatic amines is 2. The van der Waals surface area contributed by atoms with E-state index in [1.54, 1.807) is 36.5 Å². The Bertz CT molecular complexity index is 2360. The molecule has 7 atom stereocenters. The quantitative estimate of drug-likeness (QED) is 0.0210. The molecule has 4 rings (SSSR count). The standard InChI is InChI=1S/C48H66N12O8/c1-5-6-17-38(58-30(4)61)46(67)57-29(3)44(65)60-40(24-35-26-52-27-55-35)47(68)59-39(20-31-13-8-7-9-14-31)42(63)22-32(15-12-19-53-48(50)51)45(66)56-28(2)41(62)23-33(43(49)64)21-34-25-54-37-18-11-10-16-36(34)37/h7-11,13-14,16,18,25-29,32-33,38-40,54H,5-6,12,15,17,19-24H2,1-4H3,(H2,49,64)(H,52,55)(H,56,66)(H,57,67)(H,58,61)(H,59,68)(H,60,65)(H4,50,51,53)/t28-,29-,32+,33+,38-,39-,40-/m0/s1. The fourth-order valence-electron chi connectivity index (χ4n) is 7.72. The molecule has 0 spiro atoms. The van der Waals surface area contributed by atoms with Crippen LogP contribution in [-0.4, -0.2) is 105 Å². The lowest BCUT2D eigenvalue weighted by Gasteiger charge is -2.26. The number of hydrogen-bond acceptors (Lipinski definition) is 10. The van der Waals surface area contributed by atoms with Crippen LogP contribution in [0.25, 0.3) is 10.9 Å². The molecule has 2 heterocycles. The number of para-hydroxylation sites is 1. The predicted octanol–water partition coefficient (Wildman–Crippen LogP) is 1.28. The second-order valence-electron chi connectivity index (χ2n) is 17.1. The van der Waals surface area contributed by atoms with Crippen molar-refractivity contribution in [2.75, 3.05) is 6.54 Å². The van der Waals surface area contributed by atoms with E-state index in [4.69, 9.17) is 17.2 Å². The fourth-order valence-corrected chi connectivity index (χ4v) is 7.72. The van der Waals surface area contributed by atoms with Gasteiger partial charge in [0.2, 0.25) is 35.4 Å². The highest BCUT2D eigenvalue weighted by atomic mass is 16.2. The number of rotatable bonds is 29. The highest BCUT2D eigenvalue weighted by Crippen LogP contribution is 2.23. The van der Waals surface area contributed by atoms with Crippen LogP contribution in [-0.2, 0) is 57.6 Å². The van der Waals surface area contributed by atoms with E-state index >= 15 is 0 Å². The van der Waals surface area contributed by atoms with Gasteiger partial charge >= 0.3 is 0 Å². The molecule has 366 valence electrons. The van der Waals surface area contributed by atoms with Gasteiger partial charge in [-0.25, -0.2) is 4.98 Å². The number of primary amides is 1. The van der Waals surface area contributed by atoms with Gasteiger partial charge in [-0.1, -0.05) is 68.3 Å². The van der Waals surface area contributed by atoms with Crippen molar-refractivity contribution in [3.63, 3.8) is 0 Å². The Hall–Kier alpha value is -7.38. The zero-order valence-electron chi connectivity index (χ0n) is 39.1. The number of Topliss-reactive ketones (excluding diaryl/α,β-unsaturated/α-hetero) is 2. The van der Waals surface area contributed by atoms with Gasteiger partial charge in [0, 0.05) is 73.6 Å². The van der Waals surface area contributed by atoms with Crippen molar-refractivity contribution in [3.05, 3.63) is 90.1 Å². The van der Waals surface area contributed by atoms with Gasteiger partial charge < -0.3 is 53.8 Å². The van der Waals surface area contributed by atoms with Crippen LogP contribution in [0.4, 0.5) is 0 Å². The largest absolute Gasteiger partial charge is 0.370 e. The molecule has 0 saturated carbocycles. The molecule has 68 heavy (non-hydrogen) atoms. The smallest absolute Gasteiger partial charge is 0.243 e. The normalized spacial score (nSPS) is 14.2. The number of nitrogens with one attached hydrogen (secondary N) is 7. The molecule has 0 fully saturated rings. The number of fused-ring (bicyclic) bond motifs is 1. The number of hydrogen-bond donors (Lipinski definition) is 10. The van der Waals surface area contributed by atoms with Gasteiger partial charge in [-0.05, 0) is 63.1 Å². The summed E-state index contributed by atoms with van der Waals surface area (Å²) in [5, 5.41) is 14.4. The van der Waals surface area contributed by atoms with Gasteiger partial charge in [0.05, 0.1) is 18.4 Å². The summed E-state index contributed by atoms with van der Waals surface area (Å²) in [5.41, 5.74) is 19.7. The number of guanidine groups is 1. The van der Waals surface area contributed by atoms with Crippen molar-refractivity contribution >= 4 is 63.9 Å². The predicted molar refractivity (Wildman–Crippen MR) is 256 cm³/mol. The first-order valence-corrected chi connectivity index (χ1v) is 22.9. The molecular weight excluding hydrogens is 873 g/mol. The van der Waals surface area contributed by atoms with E-state index in [0.717, 1.165) is 22.9 Å². The molecule has 4 aromatic rings. The Kier molecular flexibility index (Phi) is 20.9. The second-order valence-corrected chi connectivity index (χ2v) is 17.1. The summed E-state index contributed by atoms with van der Waals surface area (Å²) in [5.74, 6) is -6.66. The summed E-state index contributed by atoms with van der Waals surface area (Å²) in [4.78, 5) is 122. The van der Waals surface area contributed by atoms with Crippen LogP contribution < -0.4 is 43.8 Å². The number of amides is 6. The number of ketones is 2. The minimum atomic E-state index is -1.27. The maximum absolute atomic E-state index is 14.5. The van der Waals surface area contributed by atoms with Crippen LogP contribution in [0.5, 0.6) is 0 Å². The lowest BCUT2D eigenvalue weighted by Crippen LogP contribution is -2.57. The molecule has 20 heteroatoms. The topological polar surface area (TPSA) is 332 Å². The molecule has 0 radical (unpaired) electrons. The Labute approximate surface area is 395 Å². The highest BCUT2D eigenvalue weighted by molar-refractivity contribution is 5.98. The van der Waals surface area contributed by atoms with Gasteiger partial charge in [0.1, 0.15) is 18.1 Å². The summed E-state index contributed by atoms with van der Waals surface area (Å²) in [6, 6.07) is 10.9. The summed E-state index contributed by atoms with van der Waals surface area (Å²) >= 11 is 0. The molecule has 0 unspecified atom stereocenters. The number of carbonyl (C=O) groups is 8. The van der Waals surface area contributed by atoms with E-state index in [1.807, 2.05) is 31.2 Å². The minimum Gasteiger partial charge on any atom is -0.370 e. The Morgan fingerprint density at radius 2 is 1.32 bits per heavy atom. The maximum Gasteiger partial charge on any atom is 0.243 e. The van der Waals surface area contributed by atoms with Crippen LogP contribution >= 0.6 is 0 Å². The Morgan fingerprint density at radius 1 is 0.662 bits per heavy atom. The first-order chi connectivity index (χ1) is 32.4. The lowest BCUT2D eigenvalue weighted by molar-refractivity contribution is -0.135. The van der Waals surface area contributed by atoms with E-state index in [-0.39, 0.29) is 57.5 Å². The summed E-state index contributed by atoms with van der Waals surface area (Å²) in [7, 11) is 0. The minimum absolute atomic E-state index is 0.0209. The first-order valence-electron chi connectivity index (χ1n) is 22.9. The third-order valence-corrected chi connectivity index (χ3v) is 11.5. The highest BCUT2D eigenvalue weighted by Gasteiger charge is 2.33. The van der Waals surface area contributed by atoms with Crippen LogP contribution in [0.3, 0.4) is 0 Å². The second kappa shape index (κ2) is 26.7. The summed E-state index contributed by atoms with van der Waals surface area (Å²) in [6.45, 7) is 6.32. The van der Waals surface area contributed by atoms with Crippen molar-refractivity contribution in [1.82, 2.24) is 41.5 Å². The van der Waals surface area contributed by atoms with Crippen molar-refractivity contribution in [2.45, 2.75) is 122 Å². The molecule has 20 nitrogen and oxygen atoms in total. The number of aliphatic imine (C=N–C) groups is 1. The van der Waals surface area contributed by atoms with Crippen molar-refractivity contribution in [3.8, 4) is 0 Å². The molecule has 2 aromatic carbocycles. The Morgan fingerprint density at radius 3 is 1.99 bits per heavy atom. The number of aromatic nitrogens is 3. The zero-order chi connectivity index (χ0) is 49.8. The van der Waals surface area contributed by atoms with E-state index < -0.39 is 89.1 Å². The van der Waals surface area contributed by atoms with Crippen LogP contribution in [0.15, 0.2) is 78.3 Å². The number of H-pyrrole nitrogens is 2. The van der Waals surface area contributed by atoms with E-state index in [0.29, 0.717) is 24.1 Å². The summed E-state index contributed by atoms with van der Waals surface area (Å²) < 4.78 is 0. The maximum atomic E-state index is 14.5. The van der Waals surface area contributed by atoms with Crippen LogP contribution in [0, 0.1) is 11.8 Å². The van der Waals surface area contributed by atoms with Gasteiger partial charge in [-0.2, -0.15) is 0 Å². The number of imidazole rings is 1. The van der Waals surface area contributed by atoms with Gasteiger partial charge in [0.25, 0.3) is 0 Å². The van der Waals surface area contributed by atoms with Gasteiger partial charge in [-0.15, -0.1) is 0 Å². The molecule has 0 aliphatic rings. The molecule has 0 bridgehead atoms. The van der Waals surface area contributed by atoms with E-state index in [2.05, 4.69) is 46.5 Å². The number of nitrogens with zero attached hydrogens (tertiary/aromatic N) is 2. The number of benzene rings is 2.